The Hall–Kier alpha value is -3.04. The Bertz CT molecular complexity index is 1560. The van der Waals surface area contributed by atoms with Crippen molar-refractivity contribution in [3.05, 3.63) is 17.5 Å². The summed E-state index contributed by atoms with van der Waals surface area (Å²) < 4.78 is 28.3. The maximum absolute atomic E-state index is 14.4. The minimum Gasteiger partial charge on any atom is -0.363 e. The lowest BCUT2D eigenvalue weighted by Gasteiger charge is -2.39. The van der Waals surface area contributed by atoms with E-state index in [9.17, 15) is 32.4 Å². The monoisotopic (exact) mass is 736 g/mol. The number of nitrogens with one attached hydrogen (secondary N) is 3. The van der Waals surface area contributed by atoms with Crippen molar-refractivity contribution in [2.45, 2.75) is 116 Å². The molecule has 4 rings (SSSR count). The van der Waals surface area contributed by atoms with Gasteiger partial charge < -0.3 is 26.6 Å². The second-order valence-corrected chi connectivity index (χ2v) is 20.0. The highest BCUT2D eigenvalue weighted by Gasteiger charge is 2.70. The summed E-state index contributed by atoms with van der Waals surface area (Å²) >= 11 is 1.13. The third kappa shape index (κ3) is 8.36. The molecule has 5 N–H and O–H groups in total. The number of hydrogen-bond donors (Lipinski definition) is 4. The average Bonchev–Trinajstić information content (AvgIpc) is 3.44. The molecule has 1 aromatic rings. The van der Waals surface area contributed by atoms with Gasteiger partial charge in [-0.3, -0.25) is 19.2 Å². The van der Waals surface area contributed by atoms with Crippen molar-refractivity contribution in [2.24, 2.45) is 39.7 Å². The molecule has 15 heteroatoms. The van der Waals surface area contributed by atoms with E-state index in [0.29, 0.717) is 13.0 Å². The molecule has 0 bridgehead atoms. The van der Waals surface area contributed by atoms with Crippen molar-refractivity contribution < 1.29 is 32.4 Å². The highest BCUT2D eigenvalue weighted by molar-refractivity contribution is 7.91. The summed E-state index contributed by atoms with van der Waals surface area (Å²) in [5, 5.41) is 10.3. The number of primary amides is 1. The van der Waals surface area contributed by atoms with Crippen molar-refractivity contribution in [1.82, 2.24) is 25.2 Å². The van der Waals surface area contributed by atoms with Crippen molar-refractivity contribution in [2.75, 3.05) is 19.6 Å². The van der Waals surface area contributed by atoms with Crippen LogP contribution in [0.2, 0.25) is 0 Å². The number of likely N-dealkylation sites (tertiary alicyclic amines) is 1. The number of nitrogens with zero attached hydrogens (tertiary/aromatic N) is 2. The predicted molar refractivity (Wildman–Crippen MR) is 191 cm³/mol. The van der Waals surface area contributed by atoms with E-state index in [-0.39, 0.29) is 40.5 Å². The normalized spacial score (nSPS) is 23.6. The number of thiophene rings is 1. The van der Waals surface area contributed by atoms with Crippen LogP contribution in [0.15, 0.2) is 21.7 Å². The third-order valence-corrected chi connectivity index (χ3v) is 14.3. The van der Waals surface area contributed by atoms with Gasteiger partial charge in [0.25, 0.3) is 15.9 Å². The number of urea groups is 1. The molecule has 6 atom stereocenters. The molecule has 0 radical (unpaired) electrons. The lowest BCUT2D eigenvalue weighted by Crippen LogP contribution is -2.63. The van der Waals surface area contributed by atoms with E-state index in [1.54, 1.807) is 24.4 Å². The van der Waals surface area contributed by atoms with Gasteiger partial charge in [-0.15, -0.1) is 11.3 Å². The van der Waals surface area contributed by atoms with Crippen LogP contribution >= 0.6 is 11.3 Å². The van der Waals surface area contributed by atoms with E-state index in [1.807, 2.05) is 55.4 Å². The summed E-state index contributed by atoms with van der Waals surface area (Å²) in [5.41, 5.74) is 3.80. The first-order valence-corrected chi connectivity index (χ1v) is 19.9. The van der Waals surface area contributed by atoms with E-state index in [4.69, 9.17) is 5.73 Å². The van der Waals surface area contributed by atoms with Gasteiger partial charge in [-0.25, -0.2) is 13.2 Å². The van der Waals surface area contributed by atoms with Gasteiger partial charge in [-0.2, -0.15) is 4.31 Å². The highest BCUT2D eigenvalue weighted by atomic mass is 32.2. The van der Waals surface area contributed by atoms with Crippen LogP contribution in [-0.2, 0) is 29.2 Å². The molecule has 1 saturated heterocycles. The Morgan fingerprint density at radius 1 is 1.04 bits per heavy atom. The number of amides is 5. The zero-order valence-corrected chi connectivity index (χ0v) is 32.5. The van der Waals surface area contributed by atoms with E-state index < -0.39 is 74.6 Å². The fraction of sp³-hybridized carbons (Fsp3) is 0.743. The van der Waals surface area contributed by atoms with Crippen molar-refractivity contribution in [1.29, 1.82) is 0 Å². The first-order chi connectivity index (χ1) is 23.0. The SMILES string of the molecule is CCN(C[C@@H](NC(=O)N[C@H](C(=O)N1C[C@H]2[C@@H]([C@H]1C(=O)NC(CC1CCC1)C(=O)C(N)=O)C2(C)C)C(C)(C)C)C(C)(C)C)S(=O)(=O)c1cccs1. The number of nitrogens with two attached hydrogens (primary N) is 1. The van der Waals surface area contributed by atoms with Crippen LogP contribution < -0.4 is 21.7 Å². The fourth-order valence-corrected chi connectivity index (χ4v) is 9.96. The predicted octanol–water partition coefficient (Wildman–Crippen LogP) is 3.10. The number of rotatable bonds is 14. The maximum Gasteiger partial charge on any atom is 0.315 e. The zero-order valence-electron chi connectivity index (χ0n) is 30.9. The van der Waals surface area contributed by atoms with Crippen molar-refractivity contribution in [3.63, 3.8) is 0 Å². The van der Waals surface area contributed by atoms with Crippen LogP contribution in [0.4, 0.5) is 4.79 Å². The number of ketones is 1. The van der Waals surface area contributed by atoms with Gasteiger partial charge in [-0.1, -0.05) is 87.6 Å². The zero-order chi connectivity index (χ0) is 37.6. The summed E-state index contributed by atoms with van der Waals surface area (Å²) in [6, 6.07) is -1.04. The fourth-order valence-electron chi connectivity index (χ4n) is 7.36. The first-order valence-electron chi connectivity index (χ1n) is 17.6. The van der Waals surface area contributed by atoms with Gasteiger partial charge in [-0.05, 0) is 51.9 Å². The largest absolute Gasteiger partial charge is 0.363 e. The molecule has 2 aliphatic carbocycles. The lowest BCUT2D eigenvalue weighted by molar-refractivity contribution is -0.145. The highest BCUT2D eigenvalue weighted by Crippen LogP contribution is 2.65. The van der Waals surface area contributed by atoms with Crippen molar-refractivity contribution >= 4 is 50.9 Å². The van der Waals surface area contributed by atoms with Crippen LogP contribution in [0.3, 0.4) is 0 Å². The third-order valence-electron chi connectivity index (χ3n) is 11.0. The quantitative estimate of drug-likeness (QED) is 0.211. The molecular formula is C35H56N6O7S2. The van der Waals surface area contributed by atoms with Gasteiger partial charge in [0, 0.05) is 25.7 Å². The Balaban J connectivity index is 1.54. The Labute approximate surface area is 300 Å². The Kier molecular flexibility index (Phi) is 11.5. The molecule has 1 unspecified atom stereocenters. The molecular weight excluding hydrogens is 681 g/mol. The number of fused-ring (bicyclic) bond motifs is 1. The molecule has 13 nitrogen and oxygen atoms in total. The second-order valence-electron chi connectivity index (χ2n) is 16.9. The number of carbonyl (C=O) groups is 5. The molecule has 280 valence electrons. The van der Waals surface area contributed by atoms with Crippen LogP contribution in [0.5, 0.6) is 0 Å². The van der Waals surface area contributed by atoms with Gasteiger partial charge >= 0.3 is 6.03 Å². The number of Topliss-reactive ketones (excluding diaryl/α,β-unsaturated/α-hetero) is 1. The van der Waals surface area contributed by atoms with E-state index >= 15 is 0 Å². The minimum atomic E-state index is -3.78. The topological polar surface area (TPSA) is 188 Å². The molecule has 2 heterocycles. The summed E-state index contributed by atoms with van der Waals surface area (Å²) in [7, 11) is -3.78. The number of piperidine rings is 1. The number of sulfonamides is 1. The molecule has 2 saturated carbocycles. The summed E-state index contributed by atoms with van der Waals surface area (Å²) in [4.78, 5) is 68.3. The van der Waals surface area contributed by atoms with Gasteiger partial charge in [0.2, 0.25) is 17.6 Å². The van der Waals surface area contributed by atoms with Gasteiger partial charge in [0.1, 0.15) is 16.3 Å². The van der Waals surface area contributed by atoms with E-state index in [2.05, 4.69) is 16.0 Å². The van der Waals surface area contributed by atoms with Crippen LogP contribution in [0, 0.1) is 34.0 Å². The molecule has 1 aromatic heterocycles. The Morgan fingerprint density at radius 2 is 1.68 bits per heavy atom. The Morgan fingerprint density at radius 3 is 2.16 bits per heavy atom. The standard InChI is InChI=1S/C35H56N6O7S2/c1-10-40(50(47,48)24-15-12-16-49-24)19-23(33(2,3)4)38-32(46)39-28(34(5,6)7)31(45)41-18-21-25(35(21,8)9)26(41)30(44)37-22(27(42)29(36)43)17-20-13-11-14-20/h12,15-16,20-23,25-26,28H,10-11,13-14,17-19H2,1-9H3,(H2,36,43)(H,37,44)(H2,38,39,46)/t21-,22?,23+,25-,26-,28+/m0/s1. The van der Waals surface area contributed by atoms with Crippen LogP contribution in [0.25, 0.3) is 0 Å². The molecule has 0 spiro atoms. The number of likely N-dealkylation sites (N-methyl/N-ethyl adjacent to an activating group) is 1. The summed E-state index contributed by atoms with van der Waals surface area (Å²) in [6.45, 7) is 17.5. The number of carbonyl (C=O) groups excluding carboxylic acids is 5. The average molecular weight is 737 g/mol. The van der Waals surface area contributed by atoms with Crippen molar-refractivity contribution in [3.8, 4) is 0 Å². The maximum atomic E-state index is 14.4. The molecule has 3 fully saturated rings. The van der Waals surface area contributed by atoms with Crippen LogP contribution in [0.1, 0.15) is 88.0 Å². The molecule has 50 heavy (non-hydrogen) atoms. The van der Waals surface area contributed by atoms with Gasteiger partial charge in [0.05, 0.1) is 6.04 Å². The second kappa shape index (κ2) is 14.5. The lowest BCUT2D eigenvalue weighted by atomic mass is 9.80. The summed E-state index contributed by atoms with van der Waals surface area (Å²) in [6.07, 6.45) is 3.15. The van der Waals surface area contributed by atoms with E-state index in [0.717, 1.165) is 30.6 Å². The van der Waals surface area contributed by atoms with Crippen LogP contribution in [-0.4, -0.2) is 91.0 Å². The molecule has 0 aromatic carbocycles. The van der Waals surface area contributed by atoms with Gasteiger partial charge in [0.15, 0.2) is 0 Å². The smallest absolute Gasteiger partial charge is 0.315 e. The first kappa shape index (κ1) is 39.7. The van der Waals surface area contributed by atoms with E-state index in [1.165, 1.54) is 9.21 Å². The minimum absolute atomic E-state index is 0.0145. The summed E-state index contributed by atoms with van der Waals surface area (Å²) in [5.74, 6) is -2.81. The molecule has 3 aliphatic rings. The molecule has 1 aliphatic heterocycles. The number of hydrogen-bond acceptors (Lipinski definition) is 8. The molecule has 5 amide bonds.